The fraction of sp³-hybridized carbons (Fsp3) is 0.850. The molecule has 0 heterocycles. The first kappa shape index (κ1) is 42.0. The molecule has 1 rings (SSSR count). The predicted octanol–water partition coefficient (Wildman–Crippen LogP) is 13.0. The van der Waals surface area contributed by atoms with Gasteiger partial charge in [0.05, 0.1) is 0 Å². The van der Waals surface area contributed by atoms with Gasteiger partial charge in [0.15, 0.2) is 0 Å². The van der Waals surface area contributed by atoms with Gasteiger partial charge in [-0.2, -0.15) is 8.42 Å². The summed E-state index contributed by atoms with van der Waals surface area (Å²) >= 11 is 0. The smallest absolute Gasteiger partial charge is 0.269 e. The number of aromatic hydroxyl groups is 1. The van der Waals surface area contributed by atoms with E-state index in [0.29, 0.717) is 17.7 Å². The molecule has 0 unspecified atom stereocenters. The Morgan fingerprint density at radius 3 is 1.11 bits per heavy atom. The lowest BCUT2D eigenvalue weighted by atomic mass is 9.89. The Bertz CT molecular complexity index is 940. The van der Waals surface area contributed by atoms with Gasteiger partial charge in [0.25, 0.3) is 10.1 Å². The van der Waals surface area contributed by atoms with E-state index in [9.17, 15) is 18.1 Å². The average molecular weight is 651 g/mol. The molecule has 0 spiro atoms. The molecule has 0 aliphatic heterocycles. The Balaban J connectivity index is 2.86. The molecule has 0 atom stereocenters. The van der Waals surface area contributed by atoms with Gasteiger partial charge in [-0.05, 0) is 60.8 Å². The molecule has 0 fully saturated rings. The van der Waals surface area contributed by atoms with Crippen molar-refractivity contribution in [2.45, 2.75) is 219 Å². The minimum absolute atomic E-state index is 0.295. The summed E-state index contributed by atoms with van der Waals surface area (Å²) in [7, 11) is -4.20. The van der Waals surface area contributed by atoms with Crippen LogP contribution in [0.15, 0.2) is 6.07 Å². The van der Waals surface area contributed by atoms with Crippen LogP contribution < -0.4 is 0 Å². The van der Waals surface area contributed by atoms with Crippen molar-refractivity contribution >= 4 is 10.1 Å². The van der Waals surface area contributed by atoms with E-state index >= 15 is 0 Å². The number of aryl methyl sites for hydroxylation is 2. The van der Waals surface area contributed by atoms with Crippen LogP contribution in [0.2, 0.25) is 0 Å². The molecule has 0 bridgehead atoms. The van der Waals surface area contributed by atoms with E-state index in [4.69, 9.17) is 0 Å². The number of rotatable bonds is 32. The van der Waals surface area contributed by atoms with Crippen LogP contribution in [0.1, 0.15) is 216 Å². The van der Waals surface area contributed by atoms with Crippen molar-refractivity contribution in [3.63, 3.8) is 0 Å². The van der Waals surface area contributed by atoms with E-state index in [0.717, 1.165) is 61.6 Å². The van der Waals surface area contributed by atoms with Crippen LogP contribution in [0.3, 0.4) is 0 Å². The Labute approximate surface area is 280 Å². The standard InChI is InChI=1S/C40H74O4S/c1-4-7-10-13-16-18-20-23-26-29-32-37-34-36(31-28-25-22-15-12-9-6-3)39(35-45(42,43)44)38(40(37)41)33-30-27-24-21-19-17-14-11-8-5-2/h34,41H,4-33,35H2,1-3H3,(H,42,43,44). The van der Waals surface area contributed by atoms with Gasteiger partial charge < -0.3 is 5.11 Å². The van der Waals surface area contributed by atoms with Gasteiger partial charge in [0.1, 0.15) is 11.5 Å². The van der Waals surface area contributed by atoms with E-state index in [1.807, 2.05) is 0 Å². The molecule has 0 saturated carbocycles. The van der Waals surface area contributed by atoms with Crippen LogP contribution >= 0.6 is 0 Å². The molecule has 1 aromatic carbocycles. The zero-order valence-electron chi connectivity index (χ0n) is 30.1. The van der Waals surface area contributed by atoms with Crippen molar-refractivity contribution in [1.82, 2.24) is 0 Å². The predicted molar refractivity (Wildman–Crippen MR) is 196 cm³/mol. The van der Waals surface area contributed by atoms with Crippen molar-refractivity contribution in [3.05, 3.63) is 28.3 Å². The highest BCUT2D eigenvalue weighted by atomic mass is 32.2. The minimum Gasteiger partial charge on any atom is -0.507 e. The third kappa shape index (κ3) is 22.2. The molecule has 0 amide bonds. The summed E-state index contributed by atoms with van der Waals surface area (Å²) in [6.45, 7) is 6.76. The van der Waals surface area contributed by atoms with Crippen LogP contribution in [0.4, 0.5) is 0 Å². The third-order valence-corrected chi connectivity index (χ3v) is 10.3. The molecule has 0 radical (unpaired) electrons. The van der Waals surface area contributed by atoms with Crippen LogP contribution in [0, 0.1) is 0 Å². The highest BCUT2D eigenvalue weighted by Crippen LogP contribution is 2.34. The normalized spacial score (nSPS) is 11.9. The lowest BCUT2D eigenvalue weighted by molar-refractivity contribution is 0.454. The van der Waals surface area contributed by atoms with Gasteiger partial charge in [0, 0.05) is 0 Å². The maximum Gasteiger partial charge on any atom is 0.269 e. The Morgan fingerprint density at radius 2 is 0.756 bits per heavy atom. The number of hydrogen-bond donors (Lipinski definition) is 2. The van der Waals surface area contributed by atoms with Crippen molar-refractivity contribution in [2.24, 2.45) is 0 Å². The number of hydrogen-bond acceptors (Lipinski definition) is 3. The minimum atomic E-state index is -4.20. The second-order valence-corrected chi connectivity index (χ2v) is 15.4. The van der Waals surface area contributed by atoms with Gasteiger partial charge in [-0.1, -0.05) is 181 Å². The lowest BCUT2D eigenvalue weighted by Crippen LogP contribution is -2.10. The summed E-state index contributed by atoms with van der Waals surface area (Å²) in [6, 6.07) is 2.09. The van der Waals surface area contributed by atoms with E-state index in [-0.39, 0.29) is 0 Å². The maximum atomic E-state index is 12.2. The van der Waals surface area contributed by atoms with Gasteiger partial charge in [-0.3, -0.25) is 4.55 Å². The van der Waals surface area contributed by atoms with Crippen LogP contribution in [0.5, 0.6) is 5.75 Å². The number of phenolic OH excluding ortho intramolecular Hbond substituents is 1. The summed E-state index contributed by atoms with van der Waals surface area (Å²) in [6.07, 6.45) is 36.0. The van der Waals surface area contributed by atoms with Crippen LogP contribution in [-0.4, -0.2) is 18.1 Å². The third-order valence-electron chi connectivity index (χ3n) is 9.65. The molecule has 5 heteroatoms. The van der Waals surface area contributed by atoms with Gasteiger partial charge >= 0.3 is 0 Å². The largest absolute Gasteiger partial charge is 0.507 e. The van der Waals surface area contributed by atoms with Crippen molar-refractivity contribution in [2.75, 3.05) is 0 Å². The quantitative estimate of drug-likeness (QED) is 0.0601. The summed E-state index contributed by atoms with van der Waals surface area (Å²) < 4.78 is 34.2. The first-order valence-electron chi connectivity index (χ1n) is 19.6. The first-order valence-corrected chi connectivity index (χ1v) is 21.3. The van der Waals surface area contributed by atoms with Crippen molar-refractivity contribution < 1.29 is 18.1 Å². The summed E-state index contributed by atoms with van der Waals surface area (Å²) in [5.41, 5.74) is 3.47. The second-order valence-electron chi connectivity index (χ2n) is 14.0. The van der Waals surface area contributed by atoms with E-state index < -0.39 is 15.9 Å². The van der Waals surface area contributed by atoms with Crippen molar-refractivity contribution in [3.8, 4) is 5.75 Å². The zero-order chi connectivity index (χ0) is 33.0. The number of benzene rings is 1. The fourth-order valence-corrected chi connectivity index (χ4v) is 7.53. The maximum absolute atomic E-state index is 12.2. The molecule has 0 saturated heterocycles. The average Bonchev–Trinajstić information content (AvgIpc) is 3.00. The summed E-state index contributed by atoms with van der Waals surface area (Å²) in [5, 5.41) is 11.5. The molecule has 45 heavy (non-hydrogen) atoms. The SMILES string of the molecule is CCCCCCCCCCCCc1cc(CCCCCCCCC)c(CS(=O)(=O)O)c(CCCCCCCCCCCC)c1O. The molecule has 2 N–H and O–H groups in total. The second kappa shape index (κ2) is 28.0. The number of phenols is 1. The van der Waals surface area contributed by atoms with Gasteiger partial charge in [-0.25, -0.2) is 0 Å². The first-order chi connectivity index (χ1) is 21.8. The zero-order valence-corrected chi connectivity index (χ0v) is 30.9. The van der Waals surface area contributed by atoms with Crippen LogP contribution in [-0.2, 0) is 35.1 Å². The molecule has 264 valence electrons. The molecular formula is C40H74O4S. The monoisotopic (exact) mass is 651 g/mol. The van der Waals surface area contributed by atoms with E-state index in [2.05, 4.69) is 26.8 Å². The van der Waals surface area contributed by atoms with E-state index in [1.54, 1.807) is 0 Å². The van der Waals surface area contributed by atoms with Gasteiger partial charge in [-0.15, -0.1) is 0 Å². The molecular weight excluding hydrogens is 577 g/mol. The fourth-order valence-electron chi connectivity index (χ4n) is 6.81. The summed E-state index contributed by atoms with van der Waals surface area (Å²) in [4.78, 5) is 0. The summed E-state index contributed by atoms with van der Waals surface area (Å²) in [5.74, 6) is -0.0957. The van der Waals surface area contributed by atoms with Crippen LogP contribution in [0.25, 0.3) is 0 Å². The highest BCUT2D eigenvalue weighted by Gasteiger charge is 2.21. The Hall–Kier alpha value is -1.07. The van der Waals surface area contributed by atoms with Crippen molar-refractivity contribution in [1.29, 1.82) is 0 Å². The topological polar surface area (TPSA) is 74.6 Å². The van der Waals surface area contributed by atoms with E-state index in [1.165, 1.54) is 141 Å². The molecule has 0 aliphatic carbocycles. The highest BCUT2D eigenvalue weighted by molar-refractivity contribution is 7.85. The molecule has 4 nitrogen and oxygen atoms in total. The van der Waals surface area contributed by atoms with Gasteiger partial charge in [0.2, 0.25) is 0 Å². The molecule has 0 aromatic heterocycles. The lowest BCUT2D eigenvalue weighted by Gasteiger charge is -2.20. The Kier molecular flexibility index (Phi) is 26.1. The Morgan fingerprint density at radius 1 is 0.444 bits per heavy atom. The molecule has 0 aliphatic rings. The number of unbranched alkanes of at least 4 members (excludes halogenated alkanes) is 24. The molecule has 1 aromatic rings.